The highest BCUT2D eigenvalue weighted by molar-refractivity contribution is 7.89. The smallest absolute Gasteiger partial charge is 0.266 e. The second kappa shape index (κ2) is 24.2. The first kappa shape index (κ1) is 50.5. The molecule has 14 nitrogen and oxygen atoms in total. The molecule has 2 unspecified atom stereocenters. The zero-order valence-electron chi connectivity index (χ0n) is 39.7. The molecule has 6 rings (SSSR count). The van der Waals surface area contributed by atoms with Gasteiger partial charge < -0.3 is 24.6 Å². The van der Waals surface area contributed by atoms with Crippen LogP contribution in [0.2, 0.25) is 0 Å². The highest BCUT2D eigenvalue weighted by Gasteiger charge is 2.31. The third-order valence-corrected chi connectivity index (χ3v) is 13.4. The van der Waals surface area contributed by atoms with Crippen LogP contribution in [0.4, 0.5) is 0 Å². The summed E-state index contributed by atoms with van der Waals surface area (Å²) in [5, 5.41) is 4.56. The Morgan fingerprint density at radius 3 is 1.57 bits per heavy atom. The molecule has 0 saturated carbocycles. The van der Waals surface area contributed by atoms with Crippen molar-refractivity contribution in [2.24, 2.45) is 0 Å². The third kappa shape index (κ3) is 13.3. The van der Waals surface area contributed by atoms with E-state index in [-0.39, 0.29) is 22.9 Å². The van der Waals surface area contributed by atoms with Crippen LogP contribution in [0.25, 0.3) is 33.2 Å². The van der Waals surface area contributed by atoms with E-state index >= 15 is 0 Å². The Kier molecular flexibility index (Phi) is 18.8. The Balaban J connectivity index is 0.000000258. The second-order valence-corrected chi connectivity index (χ2v) is 18.8. The average molecular weight is 909 g/mol. The number of aromatic nitrogens is 4. The first-order chi connectivity index (χ1) is 31.2. The van der Waals surface area contributed by atoms with Crippen LogP contribution in [0.5, 0.6) is 11.5 Å². The van der Waals surface area contributed by atoms with Crippen molar-refractivity contribution < 1.29 is 17.9 Å². The van der Waals surface area contributed by atoms with Gasteiger partial charge in [0.1, 0.15) is 23.1 Å². The molecule has 2 heterocycles. The number of hydrogen-bond donors (Lipinski definition) is 1. The molecule has 0 bridgehead atoms. The fraction of sp³-hybridized carbons (Fsp3) is 0.440. The van der Waals surface area contributed by atoms with Gasteiger partial charge in [0, 0.05) is 26.2 Å². The third-order valence-electron chi connectivity index (χ3n) is 11.3. The van der Waals surface area contributed by atoms with E-state index in [1.165, 1.54) is 15.3 Å². The number of unbranched alkanes of at least 4 members (excludes halogenated alkanes) is 5. The van der Waals surface area contributed by atoms with Gasteiger partial charge in [-0.05, 0) is 121 Å². The minimum atomic E-state index is -3.60. The van der Waals surface area contributed by atoms with Crippen LogP contribution in [0.1, 0.15) is 83.0 Å². The van der Waals surface area contributed by atoms with E-state index in [0.717, 1.165) is 50.2 Å². The van der Waals surface area contributed by atoms with Crippen molar-refractivity contribution in [1.29, 1.82) is 0 Å². The summed E-state index contributed by atoms with van der Waals surface area (Å²) in [4.78, 5) is 40.8. The highest BCUT2D eigenvalue weighted by Crippen LogP contribution is 2.27. The second-order valence-electron chi connectivity index (χ2n) is 16.8. The topological polar surface area (TPSA) is 144 Å². The number of para-hydroxylation sites is 2. The van der Waals surface area contributed by atoms with Gasteiger partial charge >= 0.3 is 0 Å². The minimum absolute atomic E-state index is 0.0676. The van der Waals surface area contributed by atoms with Gasteiger partial charge in [-0.2, -0.15) is 4.31 Å². The Hall–Kier alpha value is -5.45. The van der Waals surface area contributed by atoms with Gasteiger partial charge in [0.25, 0.3) is 11.1 Å². The molecule has 4 aromatic carbocycles. The van der Waals surface area contributed by atoms with Gasteiger partial charge in [0.15, 0.2) is 0 Å². The summed E-state index contributed by atoms with van der Waals surface area (Å²) in [5.74, 6) is 2.59. The van der Waals surface area contributed by atoms with Crippen LogP contribution in [0, 0.1) is 0 Å². The number of rotatable bonds is 22. The lowest BCUT2D eigenvalue weighted by Crippen LogP contribution is -2.41. The Bertz CT molecular complexity index is 2670. The number of nitrogens with one attached hydrogen (secondary N) is 1. The zero-order valence-corrected chi connectivity index (χ0v) is 40.5. The van der Waals surface area contributed by atoms with Crippen molar-refractivity contribution in [1.82, 2.24) is 38.5 Å². The molecule has 1 N–H and O–H groups in total. The van der Waals surface area contributed by atoms with Gasteiger partial charge in [-0.15, -0.1) is 0 Å². The van der Waals surface area contributed by atoms with E-state index in [1.807, 2.05) is 102 Å². The summed E-state index contributed by atoms with van der Waals surface area (Å²) < 4.78 is 42.7. The summed E-state index contributed by atoms with van der Waals surface area (Å²) in [5.41, 5.74) is 2.34. The van der Waals surface area contributed by atoms with Crippen molar-refractivity contribution in [2.45, 2.75) is 71.4 Å². The largest absolute Gasteiger partial charge is 0.497 e. The molecular formula is C50H68N8O6S. The fourth-order valence-corrected chi connectivity index (χ4v) is 9.35. The monoisotopic (exact) mass is 908 g/mol. The van der Waals surface area contributed by atoms with Gasteiger partial charge in [-0.3, -0.25) is 18.7 Å². The number of methoxy groups -OCH3 is 2. The summed E-state index contributed by atoms with van der Waals surface area (Å²) in [6.07, 6.45) is 6.01. The fourth-order valence-electron chi connectivity index (χ4n) is 7.61. The molecule has 65 heavy (non-hydrogen) atoms. The lowest BCUT2D eigenvalue weighted by Gasteiger charge is -2.30. The van der Waals surface area contributed by atoms with Gasteiger partial charge in [0.2, 0.25) is 10.0 Å². The molecule has 0 aliphatic carbocycles. The summed E-state index contributed by atoms with van der Waals surface area (Å²) in [7, 11) is 7.52. The summed E-state index contributed by atoms with van der Waals surface area (Å²) in [6, 6.07) is 28.5. The van der Waals surface area contributed by atoms with Crippen molar-refractivity contribution in [3.8, 4) is 22.9 Å². The molecule has 0 fully saturated rings. The molecule has 0 amide bonds. The first-order valence-corrected chi connectivity index (χ1v) is 24.2. The van der Waals surface area contributed by atoms with Crippen LogP contribution < -0.4 is 25.9 Å². The van der Waals surface area contributed by atoms with E-state index < -0.39 is 16.1 Å². The highest BCUT2D eigenvalue weighted by atomic mass is 32.2. The Labute approximate surface area is 384 Å². The molecule has 0 radical (unpaired) electrons. The summed E-state index contributed by atoms with van der Waals surface area (Å²) >= 11 is 0. The van der Waals surface area contributed by atoms with E-state index in [1.54, 1.807) is 61.3 Å². The lowest BCUT2D eigenvalue weighted by atomic mass is 10.1. The number of fused-ring (bicyclic) bond motifs is 2. The SMILES string of the molecule is CCCCCCCCS(=O)(=O)N(CCN(C)C)C(C)c1nc2ccccc2c(=O)n1-c1ccc(OC)cc1.COc1ccc(-n2c(C(C)NCCN(C)C)nc3ccccc3c2=O)cc1. The number of nitrogens with zero attached hydrogens (tertiary/aromatic N) is 7. The molecule has 350 valence electrons. The summed E-state index contributed by atoms with van der Waals surface area (Å²) in [6.45, 7) is 8.60. The van der Waals surface area contributed by atoms with Crippen LogP contribution >= 0.6 is 0 Å². The van der Waals surface area contributed by atoms with Crippen molar-refractivity contribution in [2.75, 3.05) is 74.3 Å². The molecule has 15 heteroatoms. The normalized spacial score (nSPS) is 12.7. The number of hydrogen-bond acceptors (Lipinski definition) is 11. The van der Waals surface area contributed by atoms with Crippen LogP contribution in [-0.2, 0) is 10.0 Å². The molecular weight excluding hydrogens is 841 g/mol. The van der Waals surface area contributed by atoms with Gasteiger partial charge in [-0.1, -0.05) is 63.3 Å². The zero-order chi connectivity index (χ0) is 47.1. The van der Waals surface area contributed by atoms with Gasteiger partial charge in [-0.25, -0.2) is 18.4 Å². The predicted molar refractivity (Wildman–Crippen MR) is 264 cm³/mol. The van der Waals surface area contributed by atoms with Gasteiger partial charge in [0.05, 0.1) is 65.2 Å². The Morgan fingerprint density at radius 1 is 0.615 bits per heavy atom. The van der Waals surface area contributed by atoms with Crippen LogP contribution in [0.15, 0.2) is 107 Å². The maximum Gasteiger partial charge on any atom is 0.266 e. The molecule has 6 aromatic rings. The number of likely N-dealkylation sites (N-methyl/N-ethyl adjacent to an activating group) is 2. The number of sulfonamides is 1. The molecule has 0 aliphatic rings. The molecule has 0 spiro atoms. The van der Waals surface area contributed by atoms with E-state index in [9.17, 15) is 18.0 Å². The van der Waals surface area contributed by atoms with E-state index in [2.05, 4.69) is 17.1 Å². The lowest BCUT2D eigenvalue weighted by molar-refractivity contribution is 0.284. The average Bonchev–Trinajstić information content (AvgIpc) is 3.30. The van der Waals surface area contributed by atoms with Crippen LogP contribution in [0.3, 0.4) is 0 Å². The molecule has 0 saturated heterocycles. The van der Waals surface area contributed by atoms with E-state index in [0.29, 0.717) is 64.4 Å². The maximum atomic E-state index is 13.8. The quantitative estimate of drug-likeness (QED) is 0.0673. The standard InChI is InChI=1S/C29H42N4O4S.C21H26N4O2/c1-6-7-8-9-10-13-22-38(35,36)32(21-20-31(3)4)23(2)28-30-27-15-12-11-14-26(27)29(34)33(28)24-16-18-25(37-5)19-17-24;1-15(22-13-14-24(2)3)20-23-19-8-6-5-7-18(19)21(26)25(20)16-9-11-17(27-4)12-10-16/h11-12,14-19,23H,6-10,13,20-22H2,1-5H3;5-12,15,22H,13-14H2,1-4H3. The maximum absolute atomic E-state index is 13.8. The molecule has 0 aliphatic heterocycles. The van der Waals surface area contributed by atoms with Crippen molar-refractivity contribution in [3.63, 3.8) is 0 Å². The van der Waals surface area contributed by atoms with E-state index in [4.69, 9.17) is 19.4 Å². The molecule has 2 atom stereocenters. The molecule has 2 aromatic heterocycles. The van der Waals surface area contributed by atoms with Crippen molar-refractivity contribution in [3.05, 3.63) is 129 Å². The first-order valence-electron chi connectivity index (χ1n) is 22.5. The predicted octanol–water partition coefficient (Wildman–Crippen LogP) is 7.62. The number of benzene rings is 4. The minimum Gasteiger partial charge on any atom is -0.497 e. The van der Waals surface area contributed by atoms with Crippen molar-refractivity contribution >= 4 is 31.8 Å². The van der Waals surface area contributed by atoms with Crippen LogP contribution in [-0.4, -0.2) is 116 Å². The Morgan fingerprint density at radius 2 is 1.08 bits per heavy atom. The number of ether oxygens (including phenoxy) is 2.